The van der Waals surface area contributed by atoms with Crippen LogP contribution in [0.1, 0.15) is 19.8 Å². The molecule has 0 bridgehead atoms. The minimum atomic E-state index is -0.211. The lowest BCUT2D eigenvalue weighted by molar-refractivity contribution is 0.0963. The highest BCUT2D eigenvalue weighted by Gasteiger charge is 2.23. The Morgan fingerprint density at radius 1 is 1.31 bits per heavy atom. The monoisotopic (exact) mass is 361 g/mol. The van der Waals surface area contributed by atoms with Crippen LogP contribution < -0.4 is 15.5 Å². The minimum absolute atomic E-state index is 0.211. The summed E-state index contributed by atoms with van der Waals surface area (Å²) in [7, 11) is 3.86. The first-order valence-electron chi connectivity index (χ1n) is 9.29. The highest BCUT2D eigenvalue weighted by Crippen LogP contribution is 2.12. The second kappa shape index (κ2) is 10.5. The molecule has 1 fully saturated rings. The number of amides is 1. The maximum absolute atomic E-state index is 11.7. The van der Waals surface area contributed by atoms with Gasteiger partial charge >= 0.3 is 6.09 Å². The fourth-order valence-electron chi connectivity index (χ4n) is 2.96. The number of likely N-dealkylation sites (tertiary alicyclic amines) is 1. The van der Waals surface area contributed by atoms with E-state index in [9.17, 15) is 4.79 Å². The molecule has 7 nitrogen and oxygen atoms in total. The van der Waals surface area contributed by atoms with Crippen LogP contribution >= 0.6 is 0 Å². The summed E-state index contributed by atoms with van der Waals surface area (Å²) < 4.78 is 5.06. The van der Waals surface area contributed by atoms with E-state index in [1.807, 2.05) is 25.1 Å². The van der Waals surface area contributed by atoms with Crippen LogP contribution in [-0.4, -0.2) is 69.9 Å². The maximum atomic E-state index is 11.7. The third-order valence-corrected chi connectivity index (χ3v) is 4.52. The first-order chi connectivity index (χ1) is 12.6. The predicted octanol–water partition coefficient (Wildman–Crippen LogP) is 1.91. The molecule has 1 heterocycles. The predicted molar refractivity (Wildman–Crippen MR) is 106 cm³/mol. The molecule has 1 amide bonds. The number of hydrogen-bond donors (Lipinski definition) is 2. The van der Waals surface area contributed by atoms with Crippen molar-refractivity contribution in [3.63, 3.8) is 0 Å². The molecule has 0 unspecified atom stereocenters. The molecule has 1 aromatic carbocycles. The topological polar surface area (TPSA) is 69.2 Å². The second-order valence-electron chi connectivity index (χ2n) is 6.36. The van der Waals surface area contributed by atoms with Gasteiger partial charge in [0.15, 0.2) is 5.96 Å². The molecule has 0 spiro atoms. The van der Waals surface area contributed by atoms with E-state index in [0.29, 0.717) is 25.7 Å². The lowest BCUT2D eigenvalue weighted by atomic mass is 10.1. The molecular formula is C19H31N5O2. The summed E-state index contributed by atoms with van der Waals surface area (Å²) in [6.45, 7) is 5.36. The molecule has 1 aliphatic rings. The summed E-state index contributed by atoms with van der Waals surface area (Å²) in [5.74, 6) is 0.807. The Bertz CT molecular complexity index is 571. The number of carbonyl (C=O) groups excluding carboxylic acids is 1. The maximum Gasteiger partial charge on any atom is 0.409 e. The van der Waals surface area contributed by atoms with E-state index in [0.717, 1.165) is 31.9 Å². The Morgan fingerprint density at radius 2 is 2.00 bits per heavy atom. The lowest BCUT2D eigenvalue weighted by Gasteiger charge is -2.32. The van der Waals surface area contributed by atoms with Crippen molar-refractivity contribution in [2.24, 2.45) is 4.99 Å². The van der Waals surface area contributed by atoms with Crippen LogP contribution in [0.25, 0.3) is 0 Å². The molecule has 26 heavy (non-hydrogen) atoms. The summed E-state index contributed by atoms with van der Waals surface area (Å²) in [5.41, 5.74) is 1.20. The largest absolute Gasteiger partial charge is 0.450 e. The molecule has 144 valence electrons. The van der Waals surface area contributed by atoms with Gasteiger partial charge in [-0.05, 0) is 31.9 Å². The van der Waals surface area contributed by atoms with Gasteiger partial charge in [-0.3, -0.25) is 4.99 Å². The number of nitrogens with zero attached hydrogens (tertiary/aromatic N) is 3. The average molecular weight is 361 g/mol. The van der Waals surface area contributed by atoms with Gasteiger partial charge in [0, 0.05) is 52.0 Å². The molecular weight excluding hydrogens is 330 g/mol. The zero-order valence-electron chi connectivity index (χ0n) is 16.1. The highest BCUT2D eigenvalue weighted by atomic mass is 16.6. The fraction of sp³-hybridized carbons (Fsp3) is 0.579. The van der Waals surface area contributed by atoms with Gasteiger partial charge in [-0.2, -0.15) is 0 Å². The summed E-state index contributed by atoms with van der Waals surface area (Å²) in [4.78, 5) is 20.0. The Labute approximate surface area is 156 Å². The third kappa shape index (κ3) is 6.13. The van der Waals surface area contributed by atoms with Crippen molar-refractivity contribution in [1.82, 2.24) is 15.5 Å². The number of aliphatic imine (C=N–C) groups is 1. The standard InChI is InChI=1S/C19H31N5O2/c1-4-26-19(25)24-13-10-16(11-14-24)22-18(20-2)21-12-15-23(3)17-8-6-5-7-9-17/h5-9,16H,4,10-15H2,1-3H3,(H2,20,21,22). The molecule has 0 aromatic heterocycles. The van der Waals surface area contributed by atoms with Crippen LogP contribution in [0.5, 0.6) is 0 Å². The summed E-state index contributed by atoms with van der Waals surface area (Å²) >= 11 is 0. The molecule has 0 atom stereocenters. The second-order valence-corrected chi connectivity index (χ2v) is 6.36. The van der Waals surface area contributed by atoms with Gasteiger partial charge in [-0.15, -0.1) is 0 Å². The lowest BCUT2D eigenvalue weighted by Crippen LogP contribution is -2.50. The van der Waals surface area contributed by atoms with Gasteiger partial charge in [-0.25, -0.2) is 4.79 Å². The quantitative estimate of drug-likeness (QED) is 0.598. The van der Waals surface area contributed by atoms with Crippen LogP contribution in [0, 0.1) is 0 Å². The number of guanidine groups is 1. The van der Waals surface area contributed by atoms with E-state index < -0.39 is 0 Å². The van der Waals surface area contributed by atoms with Crippen molar-refractivity contribution in [1.29, 1.82) is 0 Å². The van der Waals surface area contributed by atoms with Crippen molar-refractivity contribution in [2.45, 2.75) is 25.8 Å². The number of rotatable bonds is 6. The SMILES string of the molecule is CCOC(=O)N1CCC(NC(=NC)NCCN(C)c2ccccc2)CC1. The van der Waals surface area contributed by atoms with E-state index in [-0.39, 0.29) is 6.09 Å². The van der Waals surface area contributed by atoms with Crippen molar-refractivity contribution in [2.75, 3.05) is 51.8 Å². The van der Waals surface area contributed by atoms with E-state index in [4.69, 9.17) is 4.74 Å². The van der Waals surface area contributed by atoms with Gasteiger partial charge in [0.2, 0.25) is 0 Å². The van der Waals surface area contributed by atoms with Crippen LogP contribution in [0.2, 0.25) is 0 Å². The van der Waals surface area contributed by atoms with Crippen molar-refractivity contribution in [3.8, 4) is 0 Å². The zero-order chi connectivity index (χ0) is 18.8. The summed E-state index contributed by atoms with van der Waals surface area (Å²) in [5, 5.41) is 6.82. The van der Waals surface area contributed by atoms with Gasteiger partial charge in [0.1, 0.15) is 0 Å². The van der Waals surface area contributed by atoms with Crippen LogP contribution in [0.3, 0.4) is 0 Å². The number of likely N-dealkylation sites (N-methyl/N-ethyl adjacent to an activating group) is 1. The Kier molecular flexibility index (Phi) is 8.05. The van der Waals surface area contributed by atoms with Gasteiger partial charge in [-0.1, -0.05) is 18.2 Å². The molecule has 2 rings (SSSR count). The fourth-order valence-corrected chi connectivity index (χ4v) is 2.96. The number of para-hydroxylation sites is 1. The first-order valence-corrected chi connectivity index (χ1v) is 9.29. The molecule has 0 radical (unpaired) electrons. The van der Waals surface area contributed by atoms with Crippen LogP contribution in [-0.2, 0) is 4.74 Å². The Morgan fingerprint density at radius 3 is 2.62 bits per heavy atom. The normalized spacial score (nSPS) is 15.5. The zero-order valence-corrected chi connectivity index (χ0v) is 16.1. The Balaban J connectivity index is 1.69. The number of ether oxygens (including phenoxy) is 1. The third-order valence-electron chi connectivity index (χ3n) is 4.52. The Hall–Kier alpha value is -2.44. The summed E-state index contributed by atoms with van der Waals surface area (Å²) in [6.07, 6.45) is 1.57. The number of hydrogen-bond acceptors (Lipinski definition) is 4. The van der Waals surface area contributed by atoms with Crippen LogP contribution in [0.4, 0.5) is 10.5 Å². The van der Waals surface area contributed by atoms with E-state index >= 15 is 0 Å². The van der Waals surface area contributed by atoms with Crippen molar-refractivity contribution in [3.05, 3.63) is 30.3 Å². The number of benzene rings is 1. The molecule has 7 heteroatoms. The number of piperidine rings is 1. The first kappa shape index (κ1) is 19.9. The van der Waals surface area contributed by atoms with Gasteiger partial charge in [0.05, 0.1) is 6.61 Å². The molecule has 0 saturated carbocycles. The molecule has 1 aliphatic heterocycles. The van der Waals surface area contributed by atoms with Crippen molar-refractivity contribution >= 4 is 17.7 Å². The highest BCUT2D eigenvalue weighted by molar-refractivity contribution is 5.80. The molecule has 0 aliphatic carbocycles. The van der Waals surface area contributed by atoms with Gasteiger partial charge in [0.25, 0.3) is 0 Å². The van der Waals surface area contributed by atoms with Crippen LogP contribution in [0.15, 0.2) is 35.3 Å². The molecule has 2 N–H and O–H groups in total. The molecule has 1 aromatic rings. The number of anilines is 1. The number of carbonyl (C=O) groups is 1. The number of nitrogens with one attached hydrogen (secondary N) is 2. The van der Waals surface area contributed by atoms with Crippen molar-refractivity contribution < 1.29 is 9.53 Å². The van der Waals surface area contributed by atoms with E-state index in [1.165, 1.54) is 5.69 Å². The average Bonchev–Trinajstić information content (AvgIpc) is 2.68. The van der Waals surface area contributed by atoms with E-state index in [2.05, 4.69) is 39.7 Å². The molecule has 1 saturated heterocycles. The smallest absolute Gasteiger partial charge is 0.409 e. The van der Waals surface area contributed by atoms with E-state index in [1.54, 1.807) is 11.9 Å². The van der Waals surface area contributed by atoms with Gasteiger partial charge < -0.3 is 25.2 Å². The summed E-state index contributed by atoms with van der Waals surface area (Å²) in [6, 6.07) is 10.6. The minimum Gasteiger partial charge on any atom is -0.450 e.